The summed E-state index contributed by atoms with van der Waals surface area (Å²) in [6, 6.07) is 75.3. The molecule has 2 heterocycles. The number of para-hydroxylation sites is 5. The number of fused-ring (bicyclic) bond motifs is 4. The molecule has 0 aliphatic heterocycles. The molecule has 2 unspecified atom stereocenters. The van der Waals surface area contributed by atoms with E-state index in [-0.39, 0.29) is 0 Å². The Morgan fingerprint density at radius 2 is 1.11 bits per heavy atom. The molecule has 0 spiro atoms. The Balaban J connectivity index is 1.18. The SMILES string of the molecule is CCCC/C=C\c1c(C)oc2c(N(/C(=C/C(O)C(C)(c3ccccc3C)N(c3ccccc3-c3ccccc3)c3cccc4c3oc3c(C5CCCC5)cccc34)c3ccccc3C)c3ccccc3-c3ccccc3)cccc12. The summed E-state index contributed by atoms with van der Waals surface area (Å²) in [6.45, 7) is 10.9. The predicted molar refractivity (Wildman–Crippen MR) is 336 cm³/mol. The number of unbranched alkanes of at least 4 members (excludes halogenated alkanes) is 2. The van der Waals surface area contributed by atoms with Gasteiger partial charge in [-0.3, -0.25) is 0 Å². The Hall–Kier alpha value is -8.64. The summed E-state index contributed by atoms with van der Waals surface area (Å²) in [6.07, 6.45) is 13.4. The zero-order valence-electron chi connectivity index (χ0n) is 46.7. The van der Waals surface area contributed by atoms with E-state index < -0.39 is 11.6 Å². The molecule has 1 saturated carbocycles. The van der Waals surface area contributed by atoms with Crippen molar-refractivity contribution in [2.45, 2.75) is 97.1 Å². The van der Waals surface area contributed by atoms with Crippen molar-refractivity contribution in [1.82, 2.24) is 0 Å². The molecule has 1 aliphatic carbocycles. The first-order valence-corrected chi connectivity index (χ1v) is 28.8. The second-order valence-electron chi connectivity index (χ2n) is 21.9. The average Bonchev–Trinajstić information content (AvgIpc) is 4.33. The predicted octanol–water partition coefficient (Wildman–Crippen LogP) is 20.7. The Morgan fingerprint density at radius 3 is 1.80 bits per heavy atom. The lowest BCUT2D eigenvalue weighted by molar-refractivity contribution is 0.136. The van der Waals surface area contributed by atoms with Gasteiger partial charge in [0.25, 0.3) is 0 Å². The third kappa shape index (κ3) is 9.54. The quantitative estimate of drug-likeness (QED) is 0.0921. The van der Waals surface area contributed by atoms with Crippen molar-refractivity contribution in [3.8, 4) is 22.3 Å². The molecule has 1 fully saturated rings. The van der Waals surface area contributed by atoms with Gasteiger partial charge in [-0.25, -0.2) is 0 Å². The van der Waals surface area contributed by atoms with E-state index in [4.69, 9.17) is 8.83 Å². The monoisotopic (exact) mass is 1050 g/mol. The second kappa shape index (κ2) is 22.6. The summed E-state index contributed by atoms with van der Waals surface area (Å²) in [5.41, 5.74) is 16.3. The van der Waals surface area contributed by atoms with Gasteiger partial charge in [0, 0.05) is 38.4 Å². The highest BCUT2D eigenvalue weighted by atomic mass is 16.3. The van der Waals surface area contributed by atoms with Crippen molar-refractivity contribution in [3.63, 3.8) is 0 Å². The third-order valence-corrected chi connectivity index (χ3v) is 16.9. The maximum Gasteiger partial charge on any atom is 0.159 e. The molecular weight excluding hydrogens is 977 g/mol. The van der Waals surface area contributed by atoms with E-state index in [1.165, 1.54) is 18.4 Å². The third-order valence-electron chi connectivity index (χ3n) is 16.9. The number of rotatable bonds is 17. The topological polar surface area (TPSA) is 53.0 Å². The highest BCUT2D eigenvalue weighted by Crippen LogP contribution is 2.52. The van der Waals surface area contributed by atoms with E-state index in [0.29, 0.717) is 5.92 Å². The van der Waals surface area contributed by atoms with E-state index in [0.717, 1.165) is 149 Å². The van der Waals surface area contributed by atoms with Crippen molar-refractivity contribution in [1.29, 1.82) is 0 Å². The fraction of sp³-hybridized carbons (Fsp3) is 0.200. The minimum absolute atomic E-state index is 0.446. The standard InChI is InChI=1S/C75H70N2O3/c1-6-7-8-15-38-58-53(4)79-73-62(58)43-27-48-68(73)76(66-46-24-21-39-59(66)54-31-11-9-12-32-54)70(57-37-20-16-29-51(57)2)50-71(78)75(5,65-45-23-17-30-52(65)3)77(67-47-25-22-40-60(67)55-33-13-10-14-34-55)69-49-28-44-64-63-42-26-41-61(56-35-18-19-36-56)72(63)80-74(64)69/h9-17,20-34,37-50,56,71,78H,6-8,18-19,35-36H2,1-5H3/b38-15-,70-50+. The van der Waals surface area contributed by atoms with Gasteiger partial charge in [-0.15, -0.1) is 0 Å². The van der Waals surface area contributed by atoms with Gasteiger partial charge in [0.05, 0.1) is 34.0 Å². The Kier molecular flexibility index (Phi) is 14.7. The van der Waals surface area contributed by atoms with Crippen LogP contribution in [-0.4, -0.2) is 11.2 Å². The van der Waals surface area contributed by atoms with Gasteiger partial charge < -0.3 is 23.7 Å². The Labute approximate surface area is 471 Å². The van der Waals surface area contributed by atoms with Crippen LogP contribution in [0.4, 0.5) is 22.7 Å². The van der Waals surface area contributed by atoms with E-state index in [2.05, 4.69) is 275 Å². The largest absolute Gasteiger partial charge is 0.459 e. The van der Waals surface area contributed by atoms with Crippen LogP contribution in [0.2, 0.25) is 0 Å². The maximum absolute atomic E-state index is 14.5. The lowest BCUT2D eigenvalue weighted by Crippen LogP contribution is -2.50. The maximum atomic E-state index is 14.5. The molecule has 0 saturated heterocycles. The van der Waals surface area contributed by atoms with Gasteiger partial charge in [0.15, 0.2) is 11.2 Å². The van der Waals surface area contributed by atoms with E-state index in [1.807, 2.05) is 0 Å². The molecule has 398 valence electrons. The van der Waals surface area contributed by atoms with Gasteiger partial charge in [-0.2, -0.15) is 0 Å². The molecule has 12 rings (SSSR count). The van der Waals surface area contributed by atoms with Crippen LogP contribution >= 0.6 is 0 Å². The van der Waals surface area contributed by atoms with Gasteiger partial charge in [0.2, 0.25) is 0 Å². The van der Waals surface area contributed by atoms with Crippen LogP contribution < -0.4 is 9.80 Å². The van der Waals surface area contributed by atoms with Crippen molar-refractivity contribution in [2.24, 2.45) is 0 Å². The number of benzene rings is 9. The van der Waals surface area contributed by atoms with Crippen molar-refractivity contribution >= 4 is 67.4 Å². The minimum Gasteiger partial charge on any atom is -0.459 e. The zero-order chi connectivity index (χ0) is 54.7. The molecule has 2 aromatic heterocycles. The van der Waals surface area contributed by atoms with Crippen molar-refractivity contribution in [3.05, 3.63) is 264 Å². The van der Waals surface area contributed by atoms with E-state index in [9.17, 15) is 5.11 Å². The molecule has 1 aliphatic rings. The van der Waals surface area contributed by atoms with Gasteiger partial charge in [-0.1, -0.05) is 233 Å². The highest BCUT2D eigenvalue weighted by molar-refractivity contribution is 6.11. The van der Waals surface area contributed by atoms with Gasteiger partial charge in [-0.05, 0) is 117 Å². The fourth-order valence-corrected chi connectivity index (χ4v) is 12.8. The number of hydrogen-bond donors (Lipinski definition) is 1. The first-order valence-electron chi connectivity index (χ1n) is 28.8. The minimum atomic E-state index is -1.24. The molecule has 11 aromatic rings. The summed E-state index contributed by atoms with van der Waals surface area (Å²) in [7, 11) is 0. The van der Waals surface area contributed by atoms with Crippen LogP contribution in [0.1, 0.15) is 104 Å². The van der Waals surface area contributed by atoms with Crippen LogP contribution in [0.3, 0.4) is 0 Å². The smallest absolute Gasteiger partial charge is 0.159 e. The lowest BCUT2D eigenvalue weighted by atomic mass is 9.79. The van der Waals surface area contributed by atoms with E-state index >= 15 is 0 Å². The van der Waals surface area contributed by atoms with Crippen LogP contribution in [0.15, 0.2) is 233 Å². The molecule has 0 amide bonds. The lowest BCUT2D eigenvalue weighted by Gasteiger charge is -2.47. The van der Waals surface area contributed by atoms with Crippen LogP contribution in [0, 0.1) is 20.8 Å². The number of furan rings is 2. The molecule has 80 heavy (non-hydrogen) atoms. The number of anilines is 4. The number of aliphatic hydroxyl groups is 1. The van der Waals surface area contributed by atoms with E-state index in [1.54, 1.807) is 0 Å². The summed E-state index contributed by atoms with van der Waals surface area (Å²) in [4.78, 5) is 4.74. The normalized spacial score (nSPS) is 14.3. The molecule has 0 bridgehead atoms. The first-order chi connectivity index (χ1) is 39.2. The molecule has 1 N–H and O–H groups in total. The summed E-state index contributed by atoms with van der Waals surface area (Å²) >= 11 is 0. The summed E-state index contributed by atoms with van der Waals surface area (Å²) in [5, 5.41) is 17.7. The van der Waals surface area contributed by atoms with Crippen LogP contribution in [0.5, 0.6) is 0 Å². The number of aliphatic hydroxyl groups excluding tert-OH is 1. The van der Waals surface area contributed by atoms with Crippen molar-refractivity contribution in [2.75, 3.05) is 9.80 Å². The number of hydrogen-bond acceptors (Lipinski definition) is 5. The first kappa shape index (κ1) is 52.1. The number of allylic oxidation sites excluding steroid dienone is 1. The fourth-order valence-electron chi connectivity index (χ4n) is 12.8. The van der Waals surface area contributed by atoms with Crippen molar-refractivity contribution < 1.29 is 13.9 Å². The molecular formula is C75H70N2O3. The molecule has 9 aromatic carbocycles. The highest BCUT2D eigenvalue weighted by Gasteiger charge is 2.45. The van der Waals surface area contributed by atoms with Gasteiger partial charge in [0.1, 0.15) is 17.4 Å². The van der Waals surface area contributed by atoms with Gasteiger partial charge >= 0.3 is 0 Å². The summed E-state index contributed by atoms with van der Waals surface area (Å²) in [5.74, 6) is 1.30. The Bertz CT molecular complexity index is 4040. The molecule has 0 radical (unpaired) electrons. The Morgan fingerprint density at radius 1 is 0.562 bits per heavy atom. The molecule has 5 nitrogen and oxygen atoms in total. The van der Waals surface area contributed by atoms with Crippen LogP contribution in [0.25, 0.3) is 66.9 Å². The summed E-state index contributed by atoms with van der Waals surface area (Å²) < 4.78 is 14.4. The zero-order valence-corrected chi connectivity index (χ0v) is 46.7. The second-order valence-corrected chi connectivity index (χ2v) is 21.9. The number of aryl methyl sites for hydroxylation is 3. The van der Waals surface area contributed by atoms with Crippen LogP contribution in [-0.2, 0) is 5.54 Å². The molecule has 2 atom stereocenters. The number of nitrogens with zero attached hydrogens (tertiary/aromatic N) is 2. The average molecular weight is 1050 g/mol. The molecule has 5 heteroatoms.